The number of methoxy groups -OCH3 is 1. The highest BCUT2D eigenvalue weighted by atomic mass is 79.9. The number of hydrogen-bond acceptors (Lipinski definition) is 8. The van der Waals surface area contributed by atoms with Crippen molar-refractivity contribution in [2.75, 3.05) is 19.0 Å². The Labute approximate surface area is 251 Å². The van der Waals surface area contributed by atoms with Crippen LogP contribution in [0, 0.1) is 0 Å². The summed E-state index contributed by atoms with van der Waals surface area (Å²) in [5.41, 5.74) is 2.96. The van der Waals surface area contributed by atoms with Gasteiger partial charge in [-0.15, -0.1) is 5.10 Å². The van der Waals surface area contributed by atoms with Gasteiger partial charge in [-0.3, -0.25) is 0 Å². The first-order chi connectivity index (χ1) is 19.4. The van der Waals surface area contributed by atoms with Crippen LogP contribution < -0.4 is 14.8 Å². The SMILES string of the molecule is CCOc1cc(C2C(C(=O)OC3CCCCC3)=C(C)Nc3nc(SCc4ccccc4Cl)nn32)cc(Br)c1OC. The highest BCUT2D eigenvalue weighted by Gasteiger charge is 2.37. The average Bonchev–Trinajstić information content (AvgIpc) is 3.34. The van der Waals surface area contributed by atoms with Crippen LogP contribution in [0.5, 0.6) is 11.5 Å². The van der Waals surface area contributed by atoms with Gasteiger partial charge in [0.25, 0.3) is 0 Å². The van der Waals surface area contributed by atoms with E-state index in [0.29, 0.717) is 55.7 Å². The van der Waals surface area contributed by atoms with E-state index in [2.05, 4.69) is 21.2 Å². The maximum absolute atomic E-state index is 13.8. The Morgan fingerprint density at radius 3 is 2.73 bits per heavy atom. The van der Waals surface area contributed by atoms with Crippen molar-refractivity contribution < 1.29 is 19.0 Å². The highest BCUT2D eigenvalue weighted by Crippen LogP contribution is 2.43. The number of anilines is 1. The number of benzene rings is 2. The fourth-order valence-corrected chi connectivity index (χ4v) is 6.86. The number of nitrogens with one attached hydrogen (secondary N) is 1. The van der Waals surface area contributed by atoms with E-state index in [0.717, 1.165) is 36.8 Å². The normalized spacial score (nSPS) is 17.3. The van der Waals surface area contributed by atoms with E-state index in [9.17, 15) is 4.79 Å². The van der Waals surface area contributed by atoms with Crippen molar-refractivity contribution >= 4 is 51.2 Å². The number of carbonyl (C=O) groups is 1. The van der Waals surface area contributed by atoms with Crippen molar-refractivity contribution in [3.63, 3.8) is 0 Å². The van der Waals surface area contributed by atoms with Gasteiger partial charge in [-0.25, -0.2) is 9.48 Å². The summed E-state index contributed by atoms with van der Waals surface area (Å²) >= 11 is 11.5. The van der Waals surface area contributed by atoms with Crippen molar-refractivity contribution in [2.45, 2.75) is 69.0 Å². The Balaban J connectivity index is 1.54. The Bertz CT molecular complexity index is 1420. The standard InChI is InChI=1S/C29H32BrClN4O4S/c1-4-38-23-15-19(14-21(30)26(23)37-3)25-24(27(36)39-20-11-6-5-7-12-20)17(2)32-28-33-29(34-35(25)28)40-16-18-10-8-9-13-22(18)31/h8-10,13-15,20,25H,4-7,11-12,16H2,1-3H3,(H,32,33,34). The van der Waals surface area contributed by atoms with Gasteiger partial charge in [0.1, 0.15) is 12.1 Å². The lowest BCUT2D eigenvalue weighted by molar-refractivity contribution is -0.146. The molecular weight excluding hydrogens is 616 g/mol. The molecule has 212 valence electrons. The minimum absolute atomic E-state index is 0.0809. The van der Waals surface area contributed by atoms with Crippen LogP contribution in [0.3, 0.4) is 0 Å². The van der Waals surface area contributed by atoms with Gasteiger partial charge in [0.05, 0.1) is 23.8 Å². The lowest BCUT2D eigenvalue weighted by atomic mass is 9.94. The number of rotatable bonds is 9. The van der Waals surface area contributed by atoms with Crippen molar-refractivity contribution in [2.24, 2.45) is 0 Å². The summed E-state index contributed by atoms with van der Waals surface area (Å²) in [6, 6.07) is 11.0. The van der Waals surface area contributed by atoms with Gasteiger partial charge >= 0.3 is 5.97 Å². The molecule has 40 heavy (non-hydrogen) atoms. The molecule has 1 unspecified atom stereocenters. The van der Waals surface area contributed by atoms with Crippen LogP contribution >= 0.6 is 39.3 Å². The fourth-order valence-electron chi connectivity index (χ4n) is 5.13. The minimum Gasteiger partial charge on any atom is -0.492 e. The molecule has 1 aliphatic heterocycles. The van der Waals surface area contributed by atoms with Gasteiger partial charge in [-0.05, 0) is 84.8 Å². The number of carbonyl (C=O) groups excluding carboxylic acids is 1. The summed E-state index contributed by atoms with van der Waals surface area (Å²) in [5, 5.41) is 9.41. The second-order valence-electron chi connectivity index (χ2n) is 9.74. The third-order valence-electron chi connectivity index (χ3n) is 7.05. The topological polar surface area (TPSA) is 87.5 Å². The van der Waals surface area contributed by atoms with Crippen LogP contribution in [0.4, 0.5) is 5.95 Å². The second kappa shape index (κ2) is 12.9. The maximum atomic E-state index is 13.8. The first-order valence-electron chi connectivity index (χ1n) is 13.4. The molecular formula is C29H32BrClN4O4S. The molecule has 2 heterocycles. The predicted octanol–water partition coefficient (Wildman–Crippen LogP) is 7.56. The first-order valence-corrected chi connectivity index (χ1v) is 15.6. The molecule has 0 amide bonds. The molecule has 11 heteroatoms. The molecule has 2 aromatic carbocycles. The summed E-state index contributed by atoms with van der Waals surface area (Å²) in [6.45, 7) is 4.25. The summed E-state index contributed by atoms with van der Waals surface area (Å²) in [7, 11) is 1.60. The van der Waals surface area contributed by atoms with E-state index in [-0.39, 0.29) is 12.1 Å². The Hall–Kier alpha value is -2.69. The highest BCUT2D eigenvalue weighted by molar-refractivity contribution is 9.10. The summed E-state index contributed by atoms with van der Waals surface area (Å²) in [4.78, 5) is 18.5. The second-order valence-corrected chi connectivity index (χ2v) is 11.9. The number of thioether (sulfide) groups is 1. The Kier molecular flexibility index (Phi) is 9.27. The first kappa shape index (κ1) is 28.8. The van der Waals surface area contributed by atoms with Crippen LogP contribution in [0.1, 0.15) is 63.1 Å². The van der Waals surface area contributed by atoms with Gasteiger partial charge in [0.15, 0.2) is 11.5 Å². The Morgan fingerprint density at radius 1 is 1.23 bits per heavy atom. The van der Waals surface area contributed by atoms with Gasteiger partial charge in [0.2, 0.25) is 11.1 Å². The third-order valence-corrected chi connectivity index (χ3v) is 8.89. The molecule has 1 saturated carbocycles. The Morgan fingerprint density at radius 2 is 2.00 bits per heavy atom. The number of nitrogens with zero attached hydrogens (tertiary/aromatic N) is 3. The third kappa shape index (κ3) is 6.14. The van der Waals surface area contributed by atoms with Gasteiger partial charge in [0, 0.05) is 16.5 Å². The van der Waals surface area contributed by atoms with Crippen LogP contribution in [-0.4, -0.2) is 40.6 Å². The molecule has 2 aliphatic rings. The summed E-state index contributed by atoms with van der Waals surface area (Å²) in [6.07, 6.45) is 5.01. The van der Waals surface area contributed by atoms with Crippen molar-refractivity contribution in [3.8, 4) is 11.5 Å². The molecule has 0 radical (unpaired) electrons. The number of allylic oxidation sites excluding steroid dienone is 1. The smallest absolute Gasteiger partial charge is 0.338 e. The molecule has 0 spiro atoms. The van der Waals surface area contributed by atoms with Crippen molar-refractivity contribution in [1.82, 2.24) is 14.8 Å². The largest absolute Gasteiger partial charge is 0.492 e. The van der Waals surface area contributed by atoms with E-state index >= 15 is 0 Å². The van der Waals surface area contributed by atoms with Crippen molar-refractivity contribution in [3.05, 3.63) is 68.3 Å². The van der Waals surface area contributed by atoms with Crippen LogP contribution in [0.15, 0.2) is 57.3 Å². The van der Waals surface area contributed by atoms with Gasteiger partial charge in [-0.2, -0.15) is 4.98 Å². The lowest BCUT2D eigenvalue weighted by Crippen LogP contribution is -2.32. The van der Waals surface area contributed by atoms with E-state index in [1.807, 2.05) is 50.2 Å². The summed E-state index contributed by atoms with van der Waals surface area (Å²) < 4.78 is 20.0. The number of esters is 1. The molecule has 0 saturated heterocycles. The number of fused-ring (bicyclic) bond motifs is 1. The minimum atomic E-state index is -0.587. The number of ether oxygens (including phenoxy) is 3. The van der Waals surface area contributed by atoms with Crippen LogP contribution in [0.2, 0.25) is 5.02 Å². The molecule has 1 aromatic heterocycles. The van der Waals surface area contributed by atoms with E-state index in [1.165, 1.54) is 18.2 Å². The zero-order valence-corrected chi connectivity index (χ0v) is 25.9. The average molecular weight is 648 g/mol. The molecule has 5 rings (SSSR count). The molecule has 0 bridgehead atoms. The van der Waals surface area contributed by atoms with Crippen LogP contribution in [0.25, 0.3) is 0 Å². The van der Waals surface area contributed by atoms with Crippen molar-refractivity contribution in [1.29, 1.82) is 0 Å². The van der Waals surface area contributed by atoms with E-state index < -0.39 is 6.04 Å². The predicted molar refractivity (Wildman–Crippen MR) is 160 cm³/mol. The molecule has 3 aromatic rings. The van der Waals surface area contributed by atoms with E-state index in [1.54, 1.807) is 11.8 Å². The van der Waals surface area contributed by atoms with Crippen LogP contribution in [-0.2, 0) is 15.3 Å². The number of hydrogen-bond donors (Lipinski definition) is 1. The van der Waals surface area contributed by atoms with E-state index in [4.69, 9.17) is 35.9 Å². The summed E-state index contributed by atoms with van der Waals surface area (Å²) in [5.74, 6) is 1.96. The molecule has 1 atom stereocenters. The molecule has 8 nitrogen and oxygen atoms in total. The van der Waals surface area contributed by atoms with Gasteiger partial charge < -0.3 is 19.5 Å². The zero-order valence-electron chi connectivity index (χ0n) is 22.7. The fraction of sp³-hybridized carbons (Fsp3) is 0.414. The molecule has 1 N–H and O–H groups in total. The maximum Gasteiger partial charge on any atom is 0.338 e. The number of aromatic nitrogens is 3. The zero-order chi connectivity index (χ0) is 28.2. The quantitative estimate of drug-likeness (QED) is 0.188. The molecule has 1 fully saturated rings. The monoisotopic (exact) mass is 646 g/mol. The molecule has 1 aliphatic carbocycles. The number of halogens is 2. The van der Waals surface area contributed by atoms with Gasteiger partial charge in [-0.1, -0.05) is 48.0 Å². The lowest BCUT2D eigenvalue weighted by Gasteiger charge is -2.30.